The van der Waals surface area contributed by atoms with E-state index in [-0.39, 0.29) is 0 Å². The molecule has 1 fully saturated rings. The Labute approximate surface area is 87.8 Å². The minimum Gasteiger partial charge on any atom is -0.383 e. The van der Waals surface area contributed by atoms with Crippen LogP contribution in [0.4, 0.5) is 0 Å². The largest absolute Gasteiger partial charge is 0.383 e. The molecule has 1 N–H and O–H groups in total. The summed E-state index contributed by atoms with van der Waals surface area (Å²) in [6.45, 7) is 4.02. The van der Waals surface area contributed by atoms with Crippen LogP contribution in [0.2, 0.25) is 0 Å². The highest BCUT2D eigenvalue weighted by molar-refractivity contribution is 4.75. The lowest BCUT2D eigenvalue weighted by atomic mass is 10.2. The molecule has 1 aliphatic carbocycles. The van der Waals surface area contributed by atoms with Crippen molar-refractivity contribution >= 4 is 0 Å². The molecule has 1 aliphatic rings. The first-order valence-electron chi connectivity index (χ1n) is 5.74. The zero-order valence-electron chi connectivity index (χ0n) is 9.59. The molecule has 0 spiro atoms. The predicted octanol–water partition coefficient (Wildman–Crippen LogP) is 1.10. The minimum atomic E-state index is 0.813. The molecule has 0 bridgehead atoms. The van der Waals surface area contributed by atoms with Crippen molar-refractivity contribution in [3.63, 3.8) is 0 Å². The van der Waals surface area contributed by atoms with E-state index in [0.29, 0.717) is 0 Å². The van der Waals surface area contributed by atoms with Gasteiger partial charge in [-0.1, -0.05) is 12.8 Å². The smallest absolute Gasteiger partial charge is 0.0587 e. The first-order valence-corrected chi connectivity index (χ1v) is 5.74. The average Bonchev–Trinajstić information content (AvgIpc) is 2.70. The van der Waals surface area contributed by atoms with Crippen molar-refractivity contribution in [3.8, 4) is 0 Å². The van der Waals surface area contributed by atoms with Crippen LogP contribution in [0, 0.1) is 0 Å². The molecule has 1 saturated carbocycles. The van der Waals surface area contributed by atoms with E-state index in [1.165, 1.54) is 25.7 Å². The quantitative estimate of drug-likeness (QED) is 0.623. The molecule has 0 aliphatic heterocycles. The Balaban J connectivity index is 1.94. The van der Waals surface area contributed by atoms with Crippen molar-refractivity contribution < 1.29 is 4.74 Å². The van der Waals surface area contributed by atoms with Crippen LogP contribution >= 0.6 is 0 Å². The number of hydrogen-bond donors (Lipinski definition) is 1. The maximum absolute atomic E-state index is 4.97. The fourth-order valence-electron chi connectivity index (χ4n) is 2.08. The van der Waals surface area contributed by atoms with Crippen molar-refractivity contribution in [3.05, 3.63) is 0 Å². The fraction of sp³-hybridized carbons (Fsp3) is 1.00. The van der Waals surface area contributed by atoms with Crippen LogP contribution in [0.25, 0.3) is 0 Å². The molecule has 1 rings (SSSR count). The molecule has 0 heterocycles. The van der Waals surface area contributed by atoms with E-state index in [4.69, 9.17) is 4.74 Å². The van der Waals surface area contributed by atoms with Crippen LogP contribution in [0.15, 0.2) is 0 Å². The van der Waals surface area contributed by atoms with Crippen LogP contribution in [0.5, 0.6) is 0 Å². The number of methoxy groups -OCH3 is 1. The van der Waals surface area contributed by atoms with Crippen LogP contribution < -0.4 is 5.32 Å². The molecule has 0 aromatic rings. The van der Waals surface area contributed by atoms with Gasteiger partial charge in [0.15, 0.2) is 0 Å². The second-order valence-corrected chi connectivity index (χ2v) is 4.16. The summed E-state index contributed by atoms with van der Waals surface area (Å²) in [5.41, 5.74) is 0. The Bertz CT molecular complexity index is 135. The van der Waals surface area contributed by atoms with Crippen LogP contribution in [0.3, 0.4) is 0 Å². The van der Waals surface area contributed by atoms with E-state index in [1.807, 2.05) is 0 Å². The van der Waals surface area contributed by atoms with E-state index in [9.17, 15) is 0 Å². The molecular weight excluding hydrogens is 176 g/mol. The van der Waals surface area contributed by atoms with Crippen molar-refractivity contribution in [1.29, 1.82) is 0 Å². The normalized spacial score (nSPS) is 18.2. The van der Waals surface area contributed by atoms with Crippen LogP contribution in [-0.2, 0) is 4.74 Å². The van der Waals surface area contributed by atoms with Gasteiger partial charge in [-0.2, -0.15) is 0 Å². The fourth-order valence-corrected chi connectivity index (χ4v) is 2.08. The molecular formula is C11H24N2O. The number of nitrogens with zero attached hydrogens (tertiary/aromatic N) is 1. The number of likely N-dealkylation sites (N-methyl/N-ethyl adjacent to an activating group) is 1. The van der Waals surface area contributed by atoms with Crippen molar-refractivity contribution in [2.75, 3.05) is 40.4 Å². The summed E-state index contributed by atoms with van der Waals surface area (Å²) in [4.78, 5) is 2.49. The van der Waals surface area contributed by atoms with Gasteiger partial charge in [0.05, 0.1) is 6.61 Å². The van der Waals surface area contributed by atoms with E-state index < -0.39 is 0 Å². The highest BCUT2D eigenvalue weighted by Crippen LogP contribution is 2.21. The SMILES string of the molecule is COCCNCCN(C)C1CCCC1. The lowest BCUT2D eigenvalue weighted by Crippen LogP contribution is -2.36. The Morgan fingerprint density at radius 2 is 2.00 bits per heavy atom. The molecule has 0 aromatic heterocycles. The second-order valence-electron chi connectivity index (χ2n) is 4.16. The molecule has 0 radical (unpaired) electrons. The molecule has 14 heavy (non-hydrogen) atoms. The third-order valence-electron chi connectivity index (χ3n) is 3.07. The summed E-state index contributed by atoms with van der Waals surface area (Å²) in [5.74, 6) is 0. The number of ether oxygens (including phenoxy) is 1. The molecule has 3 heteroatoms. The highest BCUT2D eigenvalue weighted by Gasteiger charge is 2.18. The van der Waals surface area contributed by atoms with Gasteiger partial charge in [0.2, 0.25) is 0 Å². The first kappa shape index (κ1) is 12.0. The van der Waals surface area contributed by atoms with Gasteiger partial charge in [-0.05, 0) is 19.9 Å². The monoisotopic (exact) mass is 200 g/mol. The maximum Gasteiger partial charge on any atom is 0.0587 e. The summed E-state index contributed by atoms with van der Waals surface area (Å²) < 4.78 is 4.97. The molecule has 0 saturated heterocycles. The van der Waals surface area contributed by atoms with Crippen molar-refractivity contribution in [2.45, 2.75) is 31.7 Å². The van der Waals surface area contributed by atoms with Crippen molar-refractivity contribution in [2.24, 2.45) is 0 Å². The Morgan fingerprint density at radius 1 is 1.29 bits per heavy atom. The third kappa shape index (κ3) is 4.40. The van der Waals surface area contributed by atoms with Gasteiger partial charge in [-0.15, -0.1) is 0 Å². The van der Waals surface area contributed by atoms with Crippen LogP contribution in [0.1, 0.15) is 25.7 Å². The predicted molar refractivity (Wildman–Crippen MR) is 59.6 cm³/mol. The molecule has 84 valence electrons. The second kappa shape index (κ2) is 7.21. The molecule has 0 unspecified atom stereocenters. The molecule has 0 atom stereocenters. The first-order chi connectivity index (χ1) is 6.84. The highest BCUT2D eigenvalue weighted by atomic mass is 16.5. The number of rotatable bonds is 7. The van der Waals surface area contributed by atoms with Gasteiger partial charge in [0.25, 0.3) is 0 Å². The van der Waals surface area contributed by atoms with Gasteiger partial charge in [0, 0.05) is 32.8 Å². The van der Waals surface area contributed by atoms with Gasteiger partial charge in [0.1, 0.15) is 0 Å². The molecule has 0 amide bonds. The van der Waals surface area contributed by atoms with Crippen LogP contribution in [-0.4, -0.2) is 51.3 Å². The molecule has 3 nitrogen and oxygen atoms in total. The van der Waals surface area contributed by atoms with Gasteiger partial charge in [-0.25, -0.2) is 0 Å². The Kier molecular flexibility index (Phi) is 6.15. The zero-order chi connectivity index (χ0) is 10.2. The summed E-state index contributed by atoms with van der Waals surface area (Å²) in [7, 11) is 3.99. The topological polar surface area (TPSA) is 24.5 Å². The number of nitrogens with one attached hydrogen (secondary N) is 1. The Hall–Kier alpha value is -0.120. The summed E-state index contributed by atoms with van der Waals surface area (Å²) in [6.07, 6.45) is 5.64. The lowest BCUT2D eigenvalue weighted by molar-refractivity contribution is 0.195. The van der Waals surface area contributed by atoms with Gasteiger partial charge >= 0.3 is 0 Å². The van der Waals surface area contributed by atoms with E-state index in [1.54, 1.807) is 7.11 Å². The average molecular weight is 200 g/mol. The molecule has 0 aromatic carbocycles. The summed E-state index contributed by atoms with van der Waals surface area (Å²) in [6, 6.07) is 0.847. The van der Waals surface area contributed by atoms with E-state index in [2.05, 4.69) is 17.3 Å². The summed E-state index contributed by atoms with van der Waals surface area (Å²) in [5, 5.41) is 3.37. The van der Waals surface area contributed by atoms with Gasteiger partial charge < -0.3 is 15.0 Å². The lowest BCUT2D eigenvalue weighted by Gasteiger charge is -2.23. The van der Waals surface area contributed by atoms with Crippen molar-refractivity contribution in [1.82, 2.24) is 10.2 Å². The maximum atomic E-state index is 4.97. The van der Waals surface area contributed by atoms with E-state index >= 15 is 0 Å². The van der Waals surface area contributed by atoms with E-state index in [0.717, 1.165) is 32.3 Å². The Morgan fingerprint density at radius 3 is 2.64 bits per heavy atom. The van der Waals surface area contributed by atoms with Gasteiger partial charge in [-0.3, -0.25) is 0 Å². The number of hydrogen-bond acceptors (Lipinski definition) is 3. The zero-order valence-corrected chi connectivity index (χ0v) is 9.59. The minimum absolute atomic E-state index is 0.813. The summed E-state index contributed by atoms with van der Waals surface area (Å²) >= 11 is 0. The third-order valence-corrected chi connectivity index (χ3v) is 3.07. The standard InChI is InChI=1S/C11H24N2O/c1-13(11-5-3-4-6-11)9-7-12-8-10-14-2/h11-12H,3-10H2,1-2H3.